The van der Waals surface area contributed by atoms with Gasteiger partial charge in [0.25, 0.3) is 11.6 Å². The summed E-state index contributed by atoms with van der Waals surface area (Å²) in [5.74, 6) is -3.78. The van der Waals surface area contributed by atoms with E-state index in [1.54, 1.807) is 18.2 Å². The predicted molar refractivity (Wildman–Crippen MR) is 87.0 cm³/mol. The first-order valence-electron chi connectivity index (χ1n) is 7.74. The number of alkyl halides is 3. The van der Waals surface area contributed by atoms with Crippen LogP contribution in [0.1, 0.15) is 23.7 Å². The van der Waals surface area contributed by atoms with Crippen LogP contribution in [0.3, 0.4) is 0 Å². The maximum absolute atomic E-state index is 14.7. The second-order valence-electron chi connectivity index (χ2n) is 5.40. The molecule has 1 amide bonds. The normalized spacial score (nSPS) is 11.1. The highest BCUT2D eigenvalue weighted by molar-refractivity contribution is 5.96. The number of carbonyl (C=O) groups excluding carboxylic acids is 1. The largest absolute Gasteiger partial charge is 0.487 e. The van der Waals surface area contributed by atoms with Gasteiger partial charge in [-0.3, -0.25) is 14.9 Å². The number of ether oxygens (including phenoxy) is 1. The van der Waals surface area contributed by atoms with Crippen LogP contribution in [0, 0.1) is 15.9 Å². The highest BCUT2D eigenvalue weighted by Gasteiger charge is 2.42. The average Bonchev–Trinajstić information content (AvgIpc) is 2.60. The molecule has 27 heavy (non-hydrogen) atoms. The third-order valence-corrected chi connectivity index (χ3v) is 3.43. The minimum atomic E-state index is -5.06. The van der Waals surface area contributed by atoms with Crippen molar-refractivity contribution in [3.63, 3.8) is 0 Å². The zero-order valence-electron chi connectivity index (χ0n) is 14.0. The molecular weight excluding hydrogens is 372 g/mol. The Morgan fingerprint density at radius 2 is 1.85 bits per heavy atom. The second kappa shape index (κ2) is 8.02. The summed E-state index contributed by atoms with van der Waals surface area (Å²) in [5, 5.41) is 11.1. The summed E-state index contributed by atoms with van der Waals surface area (Å²) < 4.78 is 59.2. The molecule has 6 nitrogen and oxygen atoms in total. The lowest BCUT2D eigenvalue weighted by Crippen LogP contribution is -2.43. The fourth-order valence-corrected chi connectivity index (χ4v) is 2.25. The molecule has 10 heteroatoms. The summed E-state index contributed by atoms with van der Waals surface area (Å²) in [6.45, 7) is 0.680. The van der Waals surface area contributed by atoms with E-state index in [2.05, 4.69) is 0 Å². The third kappa shape index (κ3) is 4.72. The van der Waals surface area contributed by atoms with Crippen molar-refractivity contribution in [2.45, 2.75) is 19.6 Å². The molecular formula is C17H14F4N2O4. The highest BCUT2D eigenvalue weighted by atomic mass is 19.4. The monoisotopic (exact) mass is 386 g/mol. The Bertz CT molecular complexity index is 841. The molecule has 144 valence electrons. The first-order chi connectivity index (χ1) is 12.6. The maximum atomic E-state index is 14.7. The first kappa shape index (κ1) is 20.1. The fraction of sp³-hybridized carbons (Fsp3) is 0.235. The van der Waals surface area contributed by atoms with E-state index in [1.807, 2.05) is 0 Å². The zero-order chi connectivity index (χ0) is 20.2. The number of non-ortho nitro benzene ring substituents is 1. The maximum Gasteiger partial charge on any atom is 0.487 e. The van der Waals surface area contributed by atoms with Crippen molar-refractivity contribution >= 4 is 11.6 Å². The number of para-hydroxylation sites is 1. The summed E-state index contributed by atoms with van der Waals surface area (Å²) in [7, 11) is 0. The van der Waals surface area contributed by atoms with Gasteiger partial charge in [-0.1, -0.05) is 25.1 Å². The molecule has 0 bridgehead atoms. The van der Waals surface area contributed by atoms with Gasteiger partial charge in [-0.05, 0) is 18.6 Å². The van der Waals surface area contributed by atoms with Crippen molar-refractivity contribution in [3.8, 4) is 11.5 Å². The summed E-state index contributed by atoms with van der Waals surface area (Å²) in [6, 6.07) is 8.72. The van der Waals surface area contributed by atoms with Crippen LogP contribution in [0.25, 0.3) is 0 Å². The highest BCUT2D eigenvalue weighted by Crippen LogP contribution is 2.33. The number of rotatable bonds is 6. The van der Waals surface area contributed by atoms with E-state index in [-0.39, 0.29) is 12.2 Å². The van der Waals surface area contributed by atoms with Crippen LogP contribution in [-0.2, 0) is 0 Å². The van der Waals surface area contributed by atoms with Gasteiger partial charge in [0.05, 0.1) is 16.6 Å². The van der Waals surface area contributed by atoms with Gasteiger partial charge >= 0.3 is 6.30 Å². The third-order valence-electron chi connectivity index (χ3n) is 3.43. The smallest absolute Gasteiger partial charge is 0.454 e. The van der Waals surface area contributed by atoms with Crippen molar-refractivity contribution in [1.29, 1.82) is 0 Å². The SMILES string of the molecule is CCCN(C(=O)c1cc([N+](=O)[O-])cc(Oc2ccccc2)c1F)C(F)(F)F. The van der Waals surface area contributed by atoms with Crippen molar-refractivity contribution in [3.05, 3.63) is 64.0 Å². The molecule has 0 aliphatic rings. The van der Waals surface area contributed by atoms with Gasteiger partial charge in [-0.25, -0.2) is 9.29 Å². The molecule has 0 saturated carbocycles. The quantitative estimate of drug-likeness (QED) is 0.306. The summed E-state index contributed by atoms with van der Waals surface area (Å²) in [5.41, 5.74) is -1.87. The number of hydrogen-bond acceptors (Lipinski definition) is 4. The standard InChI is InChI=1S/C17H14F4N2O4/c1-2-8-22(17(19,20)21)16(24)13-9-11(23(25)26)10-14(15(13)18)27-12-6-4-3-5-7-12/h3-7,9-10H,2,8H2,1H3. The number of carbonyl (C=O) groups is 1. The number of nitro benzene ring substituents is 1. The Morgan fingerprint density at radius 1 is 1.22 bits per heavy atom. The van der Waals surface area contributed by atoms with Crippen LogP contribution in [0.2, 0.25) is 0 Å². The topological polar surface area (TPSA) is 72.7 Å². The molecule has 0 aliphatic carbocycles. The van der Waals surface area contributed by atoms with E-state index in [4.69, 9.17) is 4.74 Å². The molecule has 2 aromatic carbocycles. The molecule has 0 unspecified atom stereocenters. The van der Waals surface area contributed by atoms with Gasteiger partial charge in [-0.15, -0.1) is 13.2 Å². The number of benzene rings is 2. The fourth-order valence-electron chi connectivity index (χ4n) is 2.25. The van der Waals surface area contributed by atoms with E-state index >= 15 is 0 Å². The van der Waals surface area contributed by atoms with Crippen LogP contribution >= 0.6 is 0 Å². The number of halogens is 4. The number of nitro groups is 1. The average molecular weight is 386 g/mol. The molecule has 2 rings (SSSR count). The van der Waals surface area contributed by atoms with Crippen LogP contribution in [0.5, 0.6) is 11.5 Å². The molecule has 0 aromatic heterocycles. The van der Waals surface area contributed by atoms with E-state index in [9.17, 15) is 32.5 Å². The second-order valence-corrected chi connectivity index (χ2v) is 5.40. The number of hydrogen-bond donors (Lipinski definition) is 0. The molecule has 2 aromatic rings. The molecule has 0 radical (unpaired) electrons. The Kier molecular flexibility index (Phi) is 5.98. The van der Waals surface area contributed by atoms with Gasteiger partial charge in [0.2, 0.25) is 0 Å². The van der Waals surface area contributed by atoms with Gasteiger partial charge in [-0.2, -0.15) is 0 Å². The molecule has 0 heterocycles. The minimum absolute atomic E-state index is 0.0465. The van der Waals surface area contributed by atoms with Crippen LogP contribution in [0.4, 0.5) is 23.2 Å². The van der Waals surface area contributed by atoms with Crippen LogP contribution < -0.4 is 4.74 Å². The molecule has 0 spiro atoms. The molecule has 0 fully saturated rings. The molecule has 0 aliphatic heterocycles. The van der Waals surface area contributed by atoms with Gasteiger partial charge in [0.15, 0.2) is 11.6 Å². The number of nitrogens with zero attached hydrogens (tertiary/aromatic N) is 2. The lowest BCUT2D eigenvalue weighted by molar-refractivity contribution is -0.385. The van der Waals surface area contributed by atoms with Crippen molar-refractivity contribution in [1.82, 2.24) is 4.90 Å². The van der Waals surface area contributed by atoms with Gasteiger partial charge < -0.3 is 4.74 Å². The van der Waals surface area contributed by atoms with Crippen molar-refractivity contribution in [2.75, 3.05) is 6.54 Å². The Morgan fingerprint density at radius 3 is 2.37 bits per heavy atom. The minimum Gasteiger partial charge on any atom is -0.454 e. The molecule has 0 N–H and O–H groups in total. The van der Waals surface area contributed by atoms with Crippen molar-refractivity contribution in [2.24, 2.45) is 0 Å². The van der Waals surface area contributed by atoms with E-state index in [1.165, 1.54) is 19.1 Å². The molecule has 0 saturated heterocycles. The lowest BCUT2D eigenvalue weighted by atomic mass is 10.1. The summed E-state index contributed by atoms with van der Waals surface area (Å²) >= 11 is 0. The van der Waals surface area contributed by atoms with E-state index in [0.717, 1.165) is 0 Å². The lowest BCUT2D eigenvalue weighted by Gasteiger charge is -2.24. The zero-order valence-corrected chi connectivity index (χ0v) is 14.0. The Balaban J connectivity index is 2.54. The van der Waals surface area contributed by atoms with E-state index in [0.29, 0.717) is 12.1 Å². The van der Waals surface area contributed by atoms with Crippen LogP contribution in [-0.4, -0.2) is 28.6 Å². The van der Waals surface area contributed by atoms with Crippen LogP contribution in [0.15, 0.2) is 42.5 Å². The summed E-state index contributed by atoms with van der Waals surface area (Å²) in [4.78, 5) is 21.9. The predicted octanol–water partition coefficient (Wildman–Crippen LogP) is 4.90. The number of amides is 1. The van der Waals surface area contributed by atoms with Gasteiger partial charge in [0, 0.05) is 12.6 Å². The molecule has 0 atom stereocenters. The Hall–Kier alpha value is -3.17. The Labute approximate surface area is 151 Å². The first-order valence-corrected chi connectivity index (χ1v) is 7.74. The van der Waals surface area contributed by atoms with E-state index < -0.39 is 51.4 Å². The summed E-state index contributed by atoms with van der Waals surface area (Å²) in [6.07, 6.45) is -5.11. The van der Waals surface area contributed by atoms with Gasteiger partial charge in [0.1, 0.15) is 5.75 Å². The van der Waals surface area contributed by atoms with Crippen molar-refractivity contribution < 1.29 is 32.0 Å².